The summed E-state index contributed by atoms with van der Waals surface area (Å²) in [4.78, 5) is 31.8. The summed E-state index contributed by atoms with van der Waals surface area (Å²) in [5.74, 6) is -1.04. The van der Waals surface area contributed by atoms with Gasteiger partial charge >= 0.3 is 0 Å². The second-order valence-electron chi connectivity index (χ2n) is 11.2. The fraction of sp³-hybridized carbons (Fsp3) is 0.290. The van der Waals surface area contributed by atoms with Crippen molar-refractivity contribution in [2.45, 2.75) is 50.1 Å². The molecule has 1 aliphatic rings. The predicted octanol–water partition coefficient (Wildman–Crippen LogP) is 3.80. The molecule has 0 unspecified atom stereocenters. The van der Waals surface area contributed by atoms with Crippen LogP contribution in [0.4, 0.5) is 5.69 Å². The van der Waals surface area contributed by atoms with Crippen LogP contribution in [0.3, 0.4) is 0 Å². The zero-order valence-corrected chi connectivity index (χ0v) is 24.2. The van der Waals surface area contributed by atoms with Crippen molar-refractivity contribution in [1.82, 2.24) is 15.2 Å². The second kappa shape index (κ2) is 11.0. The Morgan fingerprint density at radius 3 is 2.51 bits per heavy atom. The van der Waals surface area contributed by atoms with Crippen molar-refractivity contribution in [2.75, 3.05) is 17.8 Å². The minimum Gasteiger partial charge on any atom is -0.361 e. The summed E-state index contributed by atoms with van der Waals surface area (Å²) in [6.07, 6.45) is 2.40. The van der Waals surface area contributed by atoms with E-state index in [0.717, 1.165) is 33.2 Å². The summed E-state index contributed by atoms with van der Waals surface area (Å²) in [5.41, 5.74) is 10.0. The molecule has 0 bridgehead atoms. The number of H-pyrrole nitrogens is 1. The molecule has 1 aliphatic heterocycles. The van der Waals surface area contributed by atoms with Crippen molar-refractivity contribution >= 4 is 38.4 Å². The maximum Gasteiger partial charge on any atom is 0.261 e. The number of aromatic nitrogens is 1. The van der Waals surface area contributed by atoms with Crippen molar-refractivity contribution in [3.05, 3.63) is 95.2 Å². The van der Waals surface area contributed by atoms with Gasteiger partial charge in [-0.15, -0.1) is 0 Å². The van der Waals surface area contributed by atoms with Gasteiger partial charge in [-0.25, -0.2) is 8.42 Å². The number of hydrogen-bond donors (Lipinski definition) is 4. The summed E-state index contributed by atoms with van der Waals surface area (Å²) in [5, 5.41) is 3.80. The molecule has 10 heteroatoms. The summed E-state index contributed by atoms with van der Waals surface area (Å²) >= 11 is 0. The van der Waals surface area contributed by atoms with Gasteiger partial charge in [0.1, 0.15) is 0 Å². The highest BCUT2D eigenvalue weighted by Gasteiger charge is 2.32. The van der Waals surface area contributed by atoms with Gasteiger partial charge in [0.25, 0.3) is 10.0 Å². The van der Waals surface area contributed by atoms with Crippen LogP contribution in [0.25, 0.3) is 10.9 Å². The number of sulfonamides is 1. The molecule has 0 spiro atoms. The first-order valence-electron chi connectivity index (χ1n) is 13.6. The lowest BCUT2D eigenvalue weighted by atomic mass is 9.93. The number of amides is 2. The van der Waals surface area contributed by atoms with Crippen molar-refractivity contribution in [3.8, 4) is 0 Å². The third-order valence-electron chi connectivity index (χ3n) is 7.46. The molecule has 0 fully saturated rings. The lowest BCUT2D eigenvalue weighted by Gasteiger charge is -2.32. The van der Waals surface area contributed by atoms with Gasteiger partial charge in [0.05, 0.1) is 16.4 Å². The van der Waals surface area contributed by atoms with Crippen molar-refractivity contribution in [3.63, 3.8) is 0 Å². The standard InChI is InChI=1S/C31H35N5O4S/c1-20-8-12-24(13-9-20)41(39,40)35-23-11-10-22-19-36(15-14-21(22)16-23)29(37)27(18-34-30(38)31(2,3)32)26-17-33-28-7-5-4-6-25(26)28/h4-13,16-17,27,33,35H,14-15,18-19,32H2,1-3H3,(H,34,38)/t27-/m0/s1. The Morgan fingerprint density at radius 2 is 1.78 bits per heavy atom. The van der Waals surface area contributed by atoms with Crippen LogP contribution in [-0.4, -0.2) is 48.7 Å². The summed E-state index contributed by atoms with van der Waals surface area (Å²) < 4.78 is 28.4. The Balaban J connectivity index is 1.35. The van der Waals surface area contributed by atoms with E-state index in [4.69, 9.17) is 5.73 Å². The minimum atomic E-state index is -3.72. The Bertz CT molecular complexity index is 1700. The van der Waals surface area contributed by atoms with E-state index in [0.29, 0.717) is 25.2 Å². The van der Waals surface area contributed by atoms with Crippen LogP contribution in [0.5, 0.6) is 0 Å². The van der Waals surface area contributed by atoms with Gasteiger partial charge in [-0.3, -0.25) is 14.3 Å². The molecular weight excluding hydrogens is 538 g/mol. The molecule has 0 radical (unpaired) electrons. The molecule has 5 N–H and O–H groups in total. The summed E-state index contributed by atoms with van der Waals surface area (Å²) in [7, 11) is -3.72. The predicted molar refractivity (Wildman–Crippen MR) is 160 cm³/mol. The van der Waals surface area contributed by atoms with Crippen LogP contribution in [0, 0.1) is 6.92 Å². The van der Waals surface area contributed by atoms with Gasteiger partial charge in [-0.1, -0.05) is 42.0 Å². The van der Waals surface area contributed by atoms with Crippen LogP contribution in [0.2, 0.25) is 0 Å². The molecule has 3 aromatic carbocycles. The lowest BCUT2D eigenvalue weighted by Crippen LogP contribution is -2.51. The number of aryl methyl sites for hydroxylation is 1. The molecule has 1 atom stereocenters. The van der Waals surface area contributed by atoms with Gasteiger partial charge in [0.2, 0.25) is 11.8 Å². The van der Waals surface area contributed by atoms with E-state index >= 15 is 0 Å². The number of hydrogen-bond acceptors (Lipinski definition) is 5. The Hall–Kier alpha value is -4.15. The molecule has 0 saturated heterocycles. The number of benzene rings is 3. The average molecular weight is 574 g/mol. The first kappa shape index (κ1) is 28.4. The van der Waals surface area contributed by atoms with Gasteiger partial charge in [-0.2, -0.15) is 0 Å². The third kappa shape index (κ3) is 6.13. The zero-order chi connectivity index (χ0) is 29.4. The van der Waals surface area contributed by atoms with E-state index in [2.05, 4.69) is 15.0 Å². The number of anilines is 1. The molecule has 0 aliphatic carbocycles. The highest BCUT2D eigenvalue weighted by Crippen LogP contribution is 2.30. The molecule has 5 rings (SSSR count). The monoisotopic (exact) mass is 573 g/mol. The molecule has 41 heavy (non-hydrogen) atoms. The number of carbonyl (C=O) groups is 2. The fourth-order valence-electron chi connectivity index (χ4n) is 5.09. The highest BCUT2D eigenvalue weighted by atomic mass is 32.2. The first-order chi connectivity index (χ1) is 19.4. The first-order valence-corrected chi connectivity index (χ1v) is 15.0. The summed E-state index contributed by atoms with van der Waals surface area (Å²) in [6, 6.07) is 19.9. The van der Waals surface area contributed by atoms with Crippen molar-refractivity contribution in [1.29, 1.82) is 0 Å². The number of nitrogens with one attached hydrogen (secondary N) is 3. The molecule has 1 aromatic heterocycles. The van der Waals surface area contributed by atoms with Gasteiger partial charge in [0, 0.05) is 42.4 Å². The van der Waals surface area contributed by atoms with Crippen LogP contribution in [0.15, 0.2) is 77.8 Å². The molecule has 0 saturated carbocycles. The smallest absolute Gasteiger partial charge is 0.261 e. The topological polar surface area (TPSA) is 137 Å². The molecule has 4 aromatic rings. The normalized spacial score (nSPS) is 14.4. The number of carbonyl (C=O) groups excluding carboxylic acids is 2. The van der Waals surface area contributed by atoms with E-state index in [1.165, 1.54) is 0 Å². The van der Waals surface area contributed by atoms with Crippen LogP contribution in [0.1, 0.15) is 42.0 Å². The van der Waals surface area contributed by atoms with E-state index < -0.39 is 21.5 Å². The number of para-hydroxylation sites is 1. The average Bonchev–Trinajstić information content (AvgIpc) is 3.36. The maximum atomic E-state index is 14.0. The molecule has 2 amide bonds. The number of nitrogens with zero attached hydrogens (tertiary/aromatic N) is 1. The van der Waals surface area contributed by atoms with E-state index in [-0.39, 0.29) is 23.3 Å². The van der Waals surface area contributed by atoms with E-state index in [1.807, 2.05) is 49.5 Å². The Labute approximate surface area is 240 Å². The minimum absolute atomic E-state index is 0.0975. The van der Waals surface area contributed by atoms with Gasteiger partial charge in [-0.05, 0) is 74.2 Å². The Kier molecular flexibility index (Phi) is 7.63. The Morgan fingerprint density at radius 1 is 1.05 bits per heavy atom. The summed E-state index contributed by atoms with van der Waals surface area (Å²) in [6.45, 7) is 6.12. The molecule has 2 heterocycles. The molecular formula is C31H35N5O4S. The lowest BCUT2D eigenvalue weighted by molar-refractivity contribution is -0.134. The van der Waals surface area contributed by atoms with Crippen molar-refractivity contribution in [2.24, 2.45) is 5.73 Å². The number of nitrogens with two attached hydrogens (primary N) is 1. The SMILES string of the molecule is Cc1ccc(S(=O)(=O)Nc2ccc3c(c2)CCN(C(=O)[C@@H](CNC(=O)C(C)(C)N)c2c[nH]c4ccccc24)C3)cc1. The number of fused-ring (bicyclic) bond motifs is 2. The van der Waals surface area contributed by atoms with Crippen LogP contribution >= 0.6 is 0 Å². The van der Waals surface area contributed by atoms with Crippen LogP contribution in [-0.2, 0) is 32.6 Å². The molecule has 9 nitrogen and oxygen atoms in total. The van der Waals surface area contributed by atoms with E-state index in [1.54, 1.807) is 49.1 Å². The van der Waals surface area contributed by atoms with Gasteiger partial charge < -0.3 is 20.9 Å². The maximum absolute atomic E-state index is 14.0. The largest absolute Gasteiger partial charge is 0.361 e. The highest BCUT2D eigenvalue weighted by molar-refractivity contribution is 7.92. The molecule has 214 valence electrons. The zero-order valence-electron chi connectivity index (χ0n) is 23.4. The number of aromatic amines is 1. The van der Waals surface area contributed by atoms with Crippen LogP contribution < -0.4 is 15.8 Å². The third-order valence-corrected chi connectivity index (χ3v) is 8.86. The van der Waals surface area contributed by atoms with E-state index in [9.17, 15) is 18.0 Å². The quantitative estimate of drug-likeness (QED) is 0.254. The fourth-order valence-corrected chi connectivity index (χ4v) is 6.14. The second-order valence-corrected chi connectivity index (χ2v) is 12.9. The number of rotatable bonds is 8. The van der Waals surface area contributed by atoms with Gasteiger partial charge in [0.15, 0.2) is 0 Å². The van der Waals surface area contributed by atoms with Crippen molar-refractivity contribution < 1.29 is 18.0 Å².